The van der Waals surface area contributed by atoms with Crippen molar-refractivity contribution in [1.29, 1.82) is 0 Å². The maximum Gasteiger partial charge on any atom is 0.155 e. The SMILES string of the molecule is Cc1nn(C)c(N2CCC(C)CC2C)c1C=O. The van der Waals surface area contributed by atoms with Gasteiger partial charge in [-0.1, -0.05) is 6.92 Å². The molecule has 94 valence electrons. The van der Waals surface area contributed by atoms with E-state index in [1.54, 1.807) is 0 Å². The summed E-state index contributed by atoms with van der Waals surface area (Å²) in [5.41, 5.74) is 1.57. The van der Waals surface area contributed by atoms with Crippen molar-refractivity contribution in [3.05, 3.63) is 11.3 Å². The van der Waals surface area contributed by atoms with Crippen molar-refractivity contribution >= 4 is 12.1 Å². The third-order valence-corrected chi connectivity index (χ3v) is 3.77. The minimum atomic E-state index is 0.479. The Bertz CT molecular complexity index is 425. The highest BCUT2D eigenvalue weighted by molar-refractivity contribution is 5.84. The van der Waals surface area contributed by atoms with Crippen molar-refractivity contribution in [3.8, 4) is 0 Å². The van der Waals surface area contributed by atoms with Crippen LogP contribution in [0, 0.1) is 12.8 Å². The van der Waals surface area contributed by atoms with Crippen LogP contribution in [-0.2, 0) is 7.05 Å². The van der Waals surface area contributed by atoms with E-state index in [0.29, 0.717) is 6.04 Å². The summed E-state index contributed by atoms with van der Waals surface area (Å²) in [7, 11) is 1.92. The van der Waals surface area contributed by atoms with Crippen molar-refractivity contribution < 1.29 is 4.79 Å². The summed E-state index contributed by atoms with van der Waals surface area (Å²) in [6.07, 6.45) is 3.30. The van der Waals surface area contributed by atoms with Crippen molar-refractivity contribution in [2.45, 2.75) is 39.7 Å². The average molecular weight is 235 g/mol. The molecule has 1 fully saturated rings. The summed E-state index contributed by atoms with van der Waals surface area (Å²) in [5, 5.41) is 4.35. The Hall–Kier alpha value is -1.32. The van der Waals surface area contributed by atoms with Gasteiger partial charge in [-0.25, -0.2) is 0 Å². The van der Waals surface area contributed by atoms with Gasteiger partial charge in [0, 0.05) is 19.6 Å². The van der Waals surface area contributed by atoms with Gasteiger partial charge in [0.2, 0.25) is 0 Å². The smallest absolute Gasteiger partial charge is 0.155 e. The van der Waals surface area contributed by atoms with Gasteiger partial charge in [-0.05, 0) is 32.6 Å². The summed E-state index contributed by atoms with van der Waals surface area (Å²) < 4.78 is 1.84. The number of aldehydes is 1. The van der Waals surface area contributed by atoms with E-state index in [0.717, 1.165) is 35.8 Å². The van der Waals surface area contributed by atoms with Crippen LogP contribution >= 0.6 is 0 Å². The number of nitrogens with zero attached hydrogens (tertiary/aromatic N) is 3. The van der Waals surface area contributed by atoms with Crippen LogP contribution in [0.5, 0.6) is 0 Å². The molecule has 1 aliphatic heterocycles. The number of aromatic nitrogens is 2. The quantitative estimate of drug-likeness (QED) is 0.737. The van der Waals surface area contributed by atoms with Crippen molar-refractivity contribution in [1.82, 2.24) is 9.78 Å². The third kappa shape index (κ3) is 2.08. The number of carbonyl (C=O) groups is 1. The fourth-order valence-corrected chi connectivity index (χ4v) is 2.86. The van der Waals surface area contributed by atoms with E-state index in [4.69, 9.17) is 0 Å². The molecular formula is C13H21N3O. The number of aryl methyl sites for hydroxylation is 2. The zero-order chi connectivity index (χ0) is 12.6. The molecule has 4 nitrogen and oxygen atoms in total. The molecule has 1 aromatic rings. The van der Waals surface area contributed by atoms with Crippen LogP contribution in [0.2, 0.25) is 0 Å². The van der Waals surface area contributed by atoms with E-state index < -0.39 is 0 Å². The predicted octanol–water partition coefficient (Wildman–Crippen LogP) is 2.17. The summed E-state index contributed by atoms with van der Waals surface area (Å²) >= 11 is 0. The van der Waals surface area contributed by atoms with Gasteiger partial charge in [-0.2, -0.15) is 5.10 Å². The second-order valence-electron chi connectivity index (χ2n) is 5.24. The lowest BCUT2D eigenvalue weighted by atomic mass is 9.93. The molecule has 0 saturated carbocycles. The summed E-state index contributed by atoms with van der Waals surface area (Å²) in [6.45, 7) is 7.43. The molecular weight excluding hydrogens is 214 g/mol. The van der Waals surface area contributed by atoms with Gasteiger partial charge in [0.1, 0.15) is 5.82 Å². The van der Waals surface area contributed by atoms with Crippen molar-refractivity contribution in [2.24, 2.45) is 13.0 Å². The van der Waals surface area contributed by atoms with E-state index in [9.17, 15) is 4.79 Å². The minimum absolute atomic E-state index is 0.479. The topological polar surface area (TPSA) is 38.1 Å². The first-order valence-electron chi connectivity index (χ1n) is 6.30. The molecule has 0 aromatic carbocycles. The Morgan fingerprint density at radius 2 is 2.12 bits per heavy atom. The maximum atomic E-state index is 11.2. The first-order valence-corrected chi connectivity index (χ1v) is 6.30. The Morgan fingerprint density at radius 3 is 2.71 bits per heavy atom. The molecule has 0 radical (unpaired) electrons. The lowest BCUT2D eigenvalue weighted by Crippen LogP contribution is -2.41. The van der Waals surface area contributed by atoms with Gasteiger partial charge in [-0.3, -0.25) is 9.48 Å². The van der Waals surface area contributed by atoms with Crippen LogP contribution in [0.3, 0.4) is 0 Å². The lowest BCUT2D eigenvalue weighted by molar-refractivity contribution is 0.112. The Labute approximate surface area is 103 Å². The molecule has 2 unspecified atom stereocenters. The second kappa shape index (κ2) is 4.51. The number of hydrogen-bond acceptors (Lipinski definition) is 3. The van der Waals surface area contributed by atoms with Gasteiger partial charge in [0.25, 0.3) is 0 Å². The maximum absolute atomic E-state index is 11.2. The van der Waals surface area contributed by atoms with Gasteiger partial charge in [0.15, 0.2) is 6.29 Å². The van der Waals surface area contributed by atoms with Crippen LogP contribution < -0.4 is 4.90 Å². The van der Waals surface area contributed by atoms with Crippen molar-refractivity contribution in [2.75, 3.05) is 11.4 Å². The summed E-state index contributed by atoms with van der Waals surface area (Å²) in [4.78, 5) is 13.5. The van der Waals surface area contributed by atoms with Crippen LogP contribution in [0.1, 0.15) is 42.7 Å². The van der Waals surface area contributed by atoms with Crippen LogP contribution in [-0.4, -0.2) is 28.7 Å². The normalized spacial score (nSPS) is 25.1. The molecule has 4 heteroatoms. The molecule has 2 atom stereocenters. The fourth-order valence-electron chi connectivity index (χ4n) is 2.86. The highest BCUT2D eigenvalue weighted by Gasteiger charge is 2.27. The van der Waals surface area contributed by atoms with E-state index in [2.05, 4.69) is 23.8 Å². The number of rotatable bonds is 2. The summed E-state index contributed by atoms with van der Waals surface area (Å²) in [5.74, 6) is 1.76. The first-order chi connectivity index (χ1) is 8.04. The number of carbonyl (C=O) groups excluding carboxylic acids is 1. The number of piperidine rings is 1. The fraction of sp³-hybridized carbons (Fsp3) is 0.692. The molecule has 1 saturated heterocycles. The third-order valence-electron chi connectivity index (χ3n) is 3.77. The highest BCUT2D eigenvalue weighted by Crippen LogP contribution is 2.30. The Kier molecular flexibility index (Phi) is 3.22. The minimum Gasteiger partial charge on any atom is -0.354 e. The van der Waals surface area contributed by atoms with Gasteiger partial charge in [0.05, 0.1) is 11.3 Å². The standard InChI is InChI=1S/C13H21N3O/c1-9-5-6-16(10(2)7-9)13-12(8-17)11(3)14-15(13)4/h8-10H,5-7H2,1-4H3. The van der Waals surface area contributed by atoms with Crippen LogP contribution in [0.4, 0.5) is 5.82 Å². The molecule has 0 spiro atoms. The zero-order valence-corrected chi connectivity index (χ0v) is 11.1. The molecule has 2 rings (SSSR count). The van der Waals surface area contributed by atoms with Gasteiger partial charge < -0.3 is 4.90 Å². The zero-order valence-electron chi connectivity index (χ0n) is 11.1. The Morgan fingerprint density at radius 1 is 1.41 bits per heavy atom. The molecule has 1 aliphatic rings. The monoisotopic (exact) mass is 235 g/mol. The molecule has 17 heavy (non-hydrogen) atoms. The van der Waals surface area contributed by atoms with Crippen molar-refractivity contribution in [3.63, 3.8) is 0 Å². The molecule has 0 aliphatic carbocycles. The van der Waals surface area contributed by atoms with E-state index in [-0.39, 0.29) is 0 Å². The number of hydrogen-bond donors (Lipinski definition) is 0. The van der Waals surface area contributed by atoms with E-state index >= 15 is 0 Å². The molecule has 1 aromatic heterocycles. The van der Waals surface area contributed by atoms with Crippen LogP contribution in [0.15, 0.2) is 0 Å². The second-order valence-corrected chi connectivity index (χ2v) is 5.24. The highest BCUT2D eigenvalue weighted by atomic mass is 16.1. The van der Waals surface area contributed by atoms with Gasteiger partial charge in [-0.15, -0.1) is 0 Å². The Balaban J connectivity index is 2.36. The van der Waals surface area contributed by atoms with E-state index in [1.165, 1.54) is 12.8 Å². The average Bonchev–Trinajstić information content (AvgIpc) is 2.53. The van der Waals surface area contributed by atoms with E-state index in [1.807, 2.05) is 18.7 Å². The first kappa shape index (κ1) is 12.1. The lowest BCUT2D eigenvalue weighted by Gasteiger charge is -2.38. The summed E-state index contributed by atoms with van der Waals surface area (Å²) in [6, 6.07) is 0.479. The van der Waals surface area contributed by atoms with Crippen LogP contribution in [0.25, 0.3) is 0 Å². The molecule has 0 amide bonds. The molecule has 0 bridgehead atoms. The largest absolute Gasteiger partial charge is 0.354 e. The van der Waals surface area contributed by atoms with Gasteiger partial charge >= 0.3 is 0 Å². The predicted molar refractivity (Wildman–Crippen MR) is 68.5 cm³/mol. The molecule has 0 N–H and O–H groups in total. The molecule has 2 heterocycles. The number of anilines is 1.